The lowest BCUT2D eigenvalue weighted by molar-refractivity contribution is 0.0996. The molecule has 2 aromatic carbocycles. The smallest absolute Gasteiger partial charge is 0.321 e. The molecule has 0 bridgehead atoms. The third kappa shape index (κ3) is 4.56. The molecule has 4 heterocycles. The summed E-state index contributed by atoms with van der Waals surface area (Å²) in [7, 11) is 1.50. The van der Waals surface area contributed by atoms with Gasteiger partial charge in [-0.25, -0.2) is 23.7 Å². The fraction of sp³-hybridized carbons (Fsp3) is 0.276. The molecular formula is C29H25F2N7O2. The first-order chi connectivity index (χ1) is 19.5. The number of imidazole rings is 1. The van der Waals surface area contributed by atoms with Crippen LogP contribution in [0.25, 0.3) is 33.1 Å². The van der Waals surface area contributed by atoms with Crippen LogP contribution in [0.2, 0.25) is 0 Å². The second-order valence-corrected chi connectivity index (χ2v) is 9.63. The number of aromatic nitrogens is 5. The molecule has 9 nitrogen and oxygen atoms in total. The van der Waals surface area contributed by atoms with E-state index in [-0.39, 0.29) is 19.1 Å². The van der Waals surface area contributed by atoms with Gasteiger partial charge in [0.25, 0.3) is 0 Å². The van der Waals surface area contributed by atoms with Gasteiger partial charge in [0, 0.05) is 54.1 Å². The summed E-state index contributed by atoms with van der Waals surface area (Å²) in [6, 6.07) is 11.6. The first kappa shape index (κ1) is 25.6. The van der Waals surface area contributed by atoms with Gasteiger partial charge in [0.2, 0.25) is 0 Å². The highest BCUT2D eigenvalue weighted by molar-refractivity contribution is 6.04. The molecule has 6 rings (SSSR count). The average Bonchev–Trinajstić information content (AvgIpc) is 3.29. The number of pyridine rings is 1. The Morgan fingerprint density at radius 1 is 1.10 bits per heavy atom. The monoisotopic (exact) mass is 541 g/mol. The van der Waals surface area contributed by atoms with E-state index in [1.165, 1.54) is 13.2 Å². The molecule has 0 amide bonds. The summed E-state index contributed by atoms with van der Waals surface area (Å²) < 4.78 is 44.2. The number of alkyl halides is 1. The zero-order chi connectivity index (χ0) is 27.8. The third-order valence-electron chi connectivity index (χ3n) is 7.21. The zero-order valence-electron chi connectivity index (χ0n) is 21.9. The van der Waals surface area contributed by atoms with E-state index in [2.05, 4.69) is 26.0 Å². The van der Waals surface area contributed by atoms with Crippen molar-refractivity contribution in [1.82, 2.24) is 29.4 Å². The Morgan fingerprint density at radius 3 is 2.67 bits per heavy atom. The van der Waals surface area contributed by atoms with Crippen LogP contribution < -0.4 is 9.47 Å². The first-order valence-corrected chi connectivity index (χ1v) is 12.8. The predicted molar refractivity (Wildman–Crippen MR) is 144 cm³/mol. The van der Waals surface area contributed by atoms with Gasteiger partial charge in [-0.15, -0.1) is 0 Å². The summed E-state index contributed by atoms with van der Waals surface area (Å²) >= 11 is 0. The van der Waals surface area contributed by atoms with Crippen molar-refractivity contribution in [2.24, 2.45) is 0 Å². The van der Waals surface area contributed by atoms with E-state index >= 15 is 8.78 Å². The van der Waals surface area contributed by atoms with Gasteiger partial charge in [0.05, 0.1) is 43.0 Å². The number of nitriles is 1. The lowest BCUT2D eigenvalue weighted by Gasteiger charge is -2.35. The number of fused-ring (bicyclic) bond motifs is 3. The molecule has 2 atom stereocenters. The van der Waals surface area contributed by atoms with Crippen LogP contribution in [-0.2, 0) is 0 Å². The maximum absolute atomic E-state index is 15.5. The van der Waals surface area contributed by atoms with Crippen LogP contribution in [0, 0.1) is 24.1 Å². The van der Waals surface area contributed by atoms with Gasteiger partial charge >= 0.3 is 6.01 Å². The molecule has 0 N–H and O–H groups in total. The van der Waals surface area contributed by atoms with Gasteiger partial charge in [-0.3, -0.25) is 9.88 Å². The van der Waals surface area contributed by atoms with Gasteiger partial charge in [-0.2, -0.15) is 5.26 Å². The minimum Gasteiger partial charge on any atom is -0.496 e. The predicted octanol–water partition coefficient (Wildman–Crippen LogP) is 5.40. The van der Waals surface area contributed by atoms with E-state index in [1.807, 2.05) is 16.4 Å². The maximum Gasteiger partial charge on any atom is 0.321 e. The second kappa shape index (κ2) is 10.5. The number of likely N-dealkylation sites (tertiary alicyclic amines) is 1. The quantitative estimate of drug-likeness (QED) is 0.264. The SMILES string of the molecule is COc1cc(Oc2ncccn2)ccc1-c1cc2c(cc1F)ncc1nc(C)n(C3CCN(CC#N)C[C@H]3F)c12. The number of piperidine rings is 1. The van der Waals surface area contributed by atoms with Crippen molar-refractivity contribution in [3.05, 3.63) is 66.6 Å². The van der Waals surface area contributed by atoms with Gasteiger partial charge in [0.1, 0.15) is 34.8 Å². The minimum atomic E-state index is -1.19. The van der Waals surface area contributed by atoms with E-state index in [0.717, 1.165) is 0 Å². The number of benzene rings is 2. The number of aryl methyl sites for hydroxylation is 1. The molecule has 5 aromatic rings. The number of rotatable bonds is 6. The van der Waals surface area contributed by atoms with Crippen LogP contribution in [-0.4, -0.2) is 62.3 Å². The van der Waals surface area contributed by atoms with Gasteiger partial charge in [-0.05, 0) is 37.6 Å². The van der Waals surface area contributed by atoms with E-state index in [4.69, 9.17) is 14.7 Å². The van der Waals surface area contributed by atoms with E-state index in [0.29, 0.717) is 63.4 Å². The molecule has 0 saturated carbocycles. The van der Waals surface area contributed by atoms with E-state index in [1.54, 1.807) is 48.9 Å². The molecular weight excluding hydrogens is 516 g/mol. The van der Waals surface area contributed by atoms with E-state index in [9.17, 15) is 0 Å². The van der Waals surface area contributed by atoms with Gasteiger partial charge in [0.15, 0.2) is 0 Å². The highest BCUT2D eigenvalue weighted by Gasteiger charge is 2.33. The topological polar surface area (TPSA) is 102 Å². The van der Waals surface area contributed by atoms with Crippen molar-refractivity contribution in [1.29, 1.82) is 5.26 Å². The van der Waals surface area contributed by atoms with Gasteiger partial charge < -0.3 is 14.0 Å². The third-order valence-corrected chi connectivity index (χ3v) is 7.21. The molecule has 1 saturated heterocycles. The zero-order valence-corrected chi connectivity index (χ0v) is 21.9. The number of hydrogen-bond donors (Lipinski definition) is 0. The molecule has 11 heteroatoms. The largest absolute Gasteiger partial charge is 0.496 e. The summed E-state index contributed by atoms with van der Waals surface area (Å²) in [4.78, 5) is 19.0. The molecule has 0 aliphatic carbocycles. The number of hydrogen-bond acceptors (Lipinski definition) is 8. The van der Waals surface area contributed by atoms with Crippen molar-refractivity contribution in [3.8, 4) is 34.7 Å². The Balaban J connectivity index is 1.45. The summed E-state index contributed by atoms with van der Waals surface area (Å²) in [6.07, 6.45) is 4.06. The molecule has 202 valence electrons. The normalized spacial score (nSPS) is 17.7. The molecule has 0 spiro atoms. The lowest BCUT2D eigenvalue weighted by Crippen LogP contribution is -2.43. The summed E-state index contributed by atoms with van der Waals surface area (Å²) in [5.41, 5.74) is 2.55. The molecule has 3 aromatic heterocycles. The van der Waals surface area contributed by atoms with E-state index < -0.39 is 18.0 Å². The minimum absolute atomic E-state index is 0.167. The fourth-order valence-corrected chi connectivity index (χ4v) is 5.42. The Bertz CT molecular complexity index is 1750. The average molecular weight is 542 g/mol. The molecule has 1 unspecified atom stereocenters. The molecule has 40 heavy (non-hydrogen) atoms. The number of ether oxygens (including phenoxy) is 2. The van der Waals surface area contributed by atoms with Crippen LogP contribution >= 0.6 is 0 Å². The van der Waals surface area contributed by atoms with Crippen LogP contribution in [0.5, 0.6) is 17.5 Å². The molecule has 1 fully saturated rings. The summed E-state index contributed by atoms with van der Waals surface area (Å²) in [6.45, 7) is 2.79. The van der Waals surface area contributed by atoms with Crippen molar-refractivity contribution in [2.75, 3.05) is 26.7 Å². The Morgan fingerprint density at radius 2 is 1.93 bits per heavy atom. The van der Waals surface area contributed by atoms with Crippen molar-refractivity contribution in [3.63, 3.8) is 0 Å². The van der Waals surface area contributed by atoms with Crippen molar-refractivity contribution < 1.29 is 18.3 Å². The molecule has 0 radical (unpaired) electrons. The lowest BCUT2D eigenvalue weighted by atomic mass is 9.99. The molecule has 1 aliphatic heterocycles. The van der Waals surface area contributed by atoms with Crippen LogP contribution in [0.4, 0.5) is 8.78 Å². The summed E-state index contributed by atoms with van der Waals surface area (Å²) in [5, 5.41) is 9.69. The standard InChI is InChI=1S/C29H25F2N7O2/c1-17-36-25-15-35-24-14-22(30)20(19-5-4-18(12-27(19)39-2)40-29-33-8-3-9-34-29)13-21(24)28(25)38(17)26-6-10-37(11-7-32)16-23(26)31/h3-5,8-9,12-15,23,26H,6,10-11,16H2,1-2H3/t23-,26?/m1/s1. The highest BCUT2D eigenvalue weighted by Crippen LogP contribution is 2.39. The van der Waals surface area contributed by atoms with Crippen LogP contribution in [0.15, 0.2) is 55.0 Å². The first-order valence-electron chi connectivity index (χ1n) is 12.8. The van der Waals surface area contributed by atoms with Crippen molar-refractivity contribution in [2.45, 2.75) is 25.6 Å². The molecule has 1 aliphatic rings. The number of halogens is 2. The van der Waals surface area contributed by atoms with Gasteiger partial charge in [-0.1, -0.05) is 0 Å². The number of nitrogens with zero attached hydrogens (tertiary/aromatic N) is 7. The van der Waals surface area contributed by atoms with Crippen LogP contribution in [0.1, 0.15) is 18.3 Å². The number of methoxy groups -OCH3 is 1. The van der Waals surface area contributed by atoms with Crippen LogP contribution in [0.3, 0.4) is 0 Å². The Labute approximate surface area is 228 Å². The Kier molecular flexibility index (Phi) is 6.69. The summed E-state index contributed by atoms with van der Waals surface area (Å²) in [5.74, 6) is 1.00. The Hall–Kier alpha value is -4.69. The highest BCUT2D eigenvalue weighted by atomic mass is 19.1. The maximum atomic E-state index is 15.5. The fourth-order valence-electron chi connectivity index (χ4n) is 5.42. The second-order valence-electron chi connectivity index (χ2n) is 9.63. The van der Waals surface area contributed by atoms with Crippen molar-refractivity contribution >= 4 is 21.9 Å².